The molecule has 4 nitrogen and oxygen atoms in total. The van der Waals surface area contributed by atoms with E-state index in [0.29, 0.717) is 33.5 Å². The fraction of sp³-hybridized carbons (Fsp3) is 0.400. The lowest BCUT2D eigenvalue weighted by Gasteiger charge is -2.06. The predicted octanol–water partition coefficient (Wildman–Crippen LogP) is 4.23. The second-order valence-corrected chi connectivity index (χ2v) is 4.99. The van der Waals surface area contributed by atoms with E-state index in [1.54, 1.807) is 19.9 Å². The summed E-state index contributed by atoms with van der Waals surface area (Å²) >= 11 is 6.15. The Morgan fingerprint density at radius 1 is 1.45 bits per heavy atom. The molecule has 0 radical (unpaired) electrons. The number of esters is 1. The van der Waals surface area contributed by atoms with E-state index in [1.807, 2.05) is 6.92 Å². The molecule has 1 N–H and O–H groups in total. The van der Waals surface area contributed by atoms with Crippen molar-refractivity contribution < 1.29 is 19.1 Å². The Hall–Kier alpha value is -1.68. The topological polar surface area (TPSA) is 59.7 Å². The van der Waals surface area contributed by atoms with Crippen LogP contribution in [0, 0.1) is 6.92 Å². The van der Waals surface area contributed by atoms with E-state index in [0.717, 1.165) is 6.42 Å². The van der Waals surface area contributed by atoms with E-state index in [9.17, 15) is 9.90 Å². The van der Waals surface area contributed by atoms with Crippen LogP contribution in [-0.2, 0) is 11.2 Å². The molecule has 1 heterocycles. The van der Waals surface area contributed by atoms with Crippen molar-refractivity contribution in [2.24, 2.45) is 0 Å². The molecule has 0 aliphatic heterocycles. The zero-order chi connectivity index (χ0) is 14.9. The summed E-state index contributed by atoms with van der Waals surface area (Å²) < 4.78 is 10.4. The third kappa shape index (κ3) is 2.36. The molecular weight excluding hydrogens is 280 g/mol. The zero-order valence-corrected chi connectivity index (χ0v) is 12.5. The molecule has 0 aliphatic carbocycles. The highest BCUT2D eigenvalue weighted by Crippen LogP contribution is 2.39. The van der Waals surface area contributed by atoms with Crippen molar-refractivity contribution in [2.75, 3.05) is 6.61 Å². The lowest BCUT2D eigenvalue weighted by atomic mass is 10.0. The highest BCUT2D eigenvalue weighted by atomic mass is 35.5. The van der Waals surface area contributed by atoms with Gasteiger partial charge in [-0.2, -0.15) is 0 Å². The Morgan fingerprint density at radius 3 is 2.75 bits per heavy atom. The van der Waals surface area contributed by atoms with E-state index < -0.39 is 5.97 Å². The van der Waals surface area contributed by atoms with Gasteiger partial charge in [0.1, 0.15) is 11.3 Å². The Balaban J connectivity index is 2.66. The number of fused-ring (bicyclic) bond motifs is 1. The first-order valence-electron chi connectivity index (χ1n) is 6.61. The van der Waals surface area contributed by atoms with Crippen molar-refractivity contribution in [1.29, 1.82) is 0 Å². The van der Waals surface area contributed by atoms with E-state index in [2.05, 4.69) is 0 Å². The van der Waals surface area contributed by atoms with Crippen LogP contribution in [0.15, 0.2) is 10.5 Å². The largest absolute Gasteiger partial charge is 0.507 e. The van der Waals surface area contributed by atoms with E-state index in [-0.39, 0.29) is 18.1 Å². The second kappa shape index (κ2) is 5.75. The maximum absolute atomic E-state index is 11.8. The summed E-state index contributed by atoms with van der Waals surface area (Å²) in [6.07, 6.45) is 1.53. The monoisotopic (exact) mass is 296 g/mol. The van der Waals surface area contributed by atoms with Crippen LogP contribution < -0.4 is 0 Å². The molecule has 1 aromatic carbocycles. The van der Waals surface area contributed by atoms with Crippen molar-refractivity contribution >= 4 is 28.5 Å². The molecule has 0 spiro atoms. The molecule has 0 aliphatic rings. The van der Waals surface area contributed by atoms with Crippen molar-refractivity contribution in [3.63, 3.8) is 0 Å². The Morgan fingerprint density at radius 2 is 2.15 bits per heavy atom. The highest BCUT2D eigenvalue weighted by molar-refractivity contribution is 6.32. The first-order valence-corrected chi connectivity index (χ1v) is 6.99. The zero-order valence-electron chi connectivity index (χ0n) is 11.7. The van der Waals surface area contributed by atoms with Crippen LogP contribution in [0.3, 0.4) is 0 Å². The average molecular weight is 297 g/mol. The quantitative estimate of drug-likeness (QED) is 0.858. The molecule has 0 saturated heterocycles. The number of aromatic hydroxyl groups is 1. The molecule has 1 aromatic heterocycles. The third-order valence-electron chi connectivity index (χ3n) is 3.20. The number of ether oxygens (including phenoxy) is 1. The minimum atomic E-state index is -0.534. The number of phenols is 1. The number of aryl methyl sites for hydroxylation is 1. The van der Waals surface area contributed by atoms with Gasteiger partial charge in [0, 0.05) is 17.2 Å². The fourth-order valence-corrected chi connectivity index (χ4v) is 2.56. The van der Waals surface area contributed by atoms with Gasteiger partial charge in [-0.25, -0.2) is 4.79 Å². The van der Waals surface area contributed by atoms with E-state index in [4.69, 9.17) is 20.8 Å². The number of hydrogen-bond acceptors (Lipinski definition) is 4. The Bertz CT molecular complexity index is 658. The van der Waals surface area contributed by atoms with Crippen LogP contribution in [0.1, 0.15) is 41.9 Å². The second-order valence-electron chi connectivity index (χ2n) is 4.59. The number of benzene rings is 1. The standard InChI is InChI=1S/C15H17ClO4/c1-4-6-9-10(16)7-11-12(13(9)17)8(3)14(20-11)15(18)19-5-2/h7,17H,4-6H2,1-3H3. The van der Waals surface area contributed by atoms with Crippen LogP contribution >= 0.6 is 11.6 Å². The molecular formula is C15H17ClO4. The number of rotatable bonds is 4. The molecule has 20 heavy (non-hydrogen) atoms. The van der Waals surface area contributed by atoms with Gasteiger partial charge in [-0.05, 0) is 20.3 Å². The van der Waals surface area contributed by atoms with Crippen LogP contribution in [0.5, 0.6) is 5.75 Å². The van der Waals surface area contributed by atoms with E-state index >= 15 is 0 Å². The normalized spacial score (nSPS) is 11.0. The van der Waals surface area contributed by atoms with Gasteiger partial charge in [-0.3, -0.25) is 0 Å². The van der Waals surface area contributed by atoms with Gasteiger partial charge in [0.15, 0.2) is 0 Å². The minimum Gasteiger partial charge on any atom is -0.507 e. The predicted molar refractivity (Wildman–Crippen MR) is 77.6 cm³/mol. The number of carbonyl (C=O) groups excluding carboxylic acids is 1. The summed E-state index contributed by atoms with van der Waals surface area (Å²) in [4.78, 5) is 11.8. The number of carbonyl (C=O) groups is 1. The molecule has 0 bridgehead atoms. The summed E-state index contributed by atoms with van der Waals surface area (Å²) in [5, 5.41) is 11.3. The van der Waals surface area contributed by atoms with Gasteiger partial charge in [0.25, 0.3) is 0 Å². The number of furan rings is 1. The van der Waals surface area contributed by atoms with Crippen molar-refractivity contribution in [1.82, 2.24) is 0 Å². The summed E-state index contributed by atoms with van der Waals surface area (Å²) in [6.45, 7) is 5.72. The Kier molecular flexibility index (Phi) is 4.23. The molecule has 2 aromatic rings. The molecule has 0 unspecified atom stereocenters. The van der Waals surface area contributed by atoms with Crippen LogP contribution in [0.25, 0.3) is 11.0 Å². The van der Waals surface area contributed by atoms with Crippen LogP contribution in [-0.4, -0.2) is 17.7 Å². The molecule has 108 valence electrons. The maximum Gasteiger partial charge on any atom is 0.374 e. The SMILES string of the molecule is CCCc1c(Cl)cc2oc(C(=O)OCC)c(C)c2c1O. The van der Waals surface area contributed by atoms with Gasteiger partial charge < -0.3 is 14.3 Å². The van der Waals surface area contributed by atoms with Crippen LogP contribution in [0.4, 0.5) is 0 Å². The van der Waals surface area contributed by atoms with Gasteiger partial charge in [0.05, 0.1) is 17.0 Å². The van der Waals surface area contributed by atoms with Gasteiger partial charge in [-0.1, -0.05) is 24.9 Å². The molecule has 0 amide bonds. The highest BCUT2D eigenvalue weighted by Gasteiger charge is 2.23. The molecule has 2 rings (SSSR count). The smallest absolute Gasteiger partial charge is 0.374 e. The minimum absolute atomic E-state index is 0.0890. The molecule has 0 saturated carbocycles. The van der Waals surface area contributed by atoms with Gasteiger partial charge in [-0.15, -0.1) is 0 Å². The first-order chi connectivity index (χ1) is 9.51. The summed E-state index contributed by atoms with van der Waals surface area (Å²) in [5.74, 6) is -0.332. The summed E-state index contributed by atoms with van der Waals surface area (Å²) in [5.41, 5.74) is 1.65. The molecule has 0 atom stereocenters. The summed E-state index contributed by atoms with van der Waals surface area (Å²) in [6, 6.07) is 1.64. The number of phenolic OH excluding ortho intramolecular Hbond substituents is 1. The summed E-state index contributed by atoms with van der Waals surface area (Å²) in [7, 11) is 0. The molecule has 5 heteroatoms. The average Bonchev–Trinajstić information content (AvgIpc) is 2.72. The number of halogens is 1. The van der Waals surface area contributed by atoms with Gasteiger partial charge in [0.2, 0.25) is 5.76 Å². The number of hydrogen-bond donors (Lipinski definition) is 1. The van der Waals surface area contributed by atoms with Crippen LogP contribution in [0.2, 0.25) is 5.02 Å². The third-order valence-corrected chi connectivity index (χ3v) is 3.54. The van der Waals surface area contributed by atoms with Crippen molar-refractivity contribution in [2.45, 2.75) is 33.6 Å². The lowest BCUT2D eigenvalue weighted by molar-refractivity contribution is 0.0491. The van der Waals surface area contributed by atoms with Crippen molar-refractivity contribution in [3.8, 4) is 5.75 Å². The van der Waals surface area contributed by atoms with Crippen molar-refractivity contribution in [3.05, 3.63) is 28.0 Å². The first kappa shape index (κ1) is 14.7. The van der Waals surface area contributed by atoms with Gasteiger partial charge >= 0.3 is 5.97 Å². The lowest BCUT2D eigenvalue weighted by Crippen LogP contribution is -2.04. The Labute approximate surface area is 122 Å². The van der Waals surface area contributed by atoms with E-state index in [1.165, 1.54) is 0 Å². The molecule has 0 fully saturated rings. The maximum atomic E-state index is 11.8. The fourth-order valence-electron chi connectivity index (χ4n) is 2.28.